The largest absolute Gasteiger partial charge is 0.477 e. The van der Waals surface area contributed by atoms with Crippen molar-refractivity contribution in [2.45, 2.75) is 46.0 Å². The van der Waals surface area contributed by atoms with Crippen molar-refractivity contribution in [3.05, 3.63) is 11.8 Å². The SMILES string of the molecule is CC=C(NC(=O)CCCCCC)C(=O)O. The smallest absolute Gasteiger partial charge is 0.352 e. The summed E-state index contributed by atoms with van der Waals surface area (Å²) in [6.45, 7) is 3.68. The molecule has 4 nitrogen and oxygen atoms in total. The third kappa shape index (κ3) is 6.71. The number of aliphatic carboxylic acids is 1. The summed E-state index contributed by atoms with van der Waals surface area (Å²) < 4.78 is 0. The molecule has 0 aliphatic carbocycles. The zero-order valence-electron chi connectivity index (χ0n) is 9.38. The average Bonchev–Trinajstić information content (AvgIpc) is 2.20. The zero-order valence-corrected chi connectivity index (χ0v) is 9.38. The van der Waals surface area contributed by atoms with Crippen molar-refractivity contribution in [2.24, 2.45) is 0 Å². The Morgan fingerprint density at radius 3 is 2.40 bits per heavy atom. The molecule has 0 aliphatic rings. The molecule has 2 N–H and O–H groups in total. The van der Waals surface area contributed by atoms with Crippen molar-refractivity contribution >= 4 is 11.9 Å². The highest BCUT2D eigenvalue weighted by Crippen LogP contribution is 2.02. The normalized spacial score (nSPS) is 11.2. The molecule has 0 aromatic carbocycles. The van der Waals surface area contributed by atoms with E-state index in [-0.39, 0.29) is 11.6 Å². The summed E-state index contributed by atoms with van der Waals surface area (Å²) in [6.07, 6.45) is 5.84. The zero-order chi connectivity index (χ0) is 11.7. The molecule has 4 heteroatoms. The van der Waals surface area contributed by atoms with E-state index in [1.807, 2.05) is 0 Å². The number of carboxylic acids is 1. The lowest BCUT2D eigenvalue weighted by Gasteiger charge is -2.04. The van der Waals surface area contributed by atoms with Crippen LogP contribution in [0.4, 0.5) is 0 Å². The van der Waals surface area contributed by atoms with E-state index in [2.05, 4.69) is 12.2 Å². The highest BCUT2D eigenvalue weighted by molar-refractivity contribution is 5.92. The van der Waals surface area contributed by atoms with Gasteiger partial charge in [0.05, 0.1) is 0 Å². The van der Waals surface area contributed by atoms with Crippen LogP contribution < -0.4 is 5.32 Å². The number of nitrogens with one attached hydrogen (secondary N) is 1. The van der Waals surface area contributed by atoms with Gasteiger partial charge in [-0.1, -0.05) is 32.3 Å². The number of amides is 1. The van der Waals surface area contributed by atoms with Gasteiger partial charge in [-0.2, -0.15) is 0 Å². The van der Waals surface area contributed by atoms with E-state index in [0.29, 0.717) is 6.42 Å². The summed E-state index contributed by atoms with van der Waals surface area (Å²) in [7, 11) is 0. The van der Waals surface area contributed by atoms with Gasteiger partial charge in [-0.25, -0.2) is 4.79 Å². The van der Waals surface area contributed by atoms with Gasteiger partial charge in [0.1, 0.15) is 5.70 Å². The standard InChI is InChI=1S/C11H19NO3/c1-3-5-6-7-8-10(13)12-9(4-2)11(14)15/h4H,3,5-8H2,1-2H3,(H,12,13)(H,14,15). The second-order valence-corrected chi connectivity index (χ2v) is 3.37. The third-order valence-corrected chi connectivity index (χ3v) is 2.05. The van der Waals surface area contributed by atoms with E-state index in [0.717, 1.165) is 25.7 Å². The Kier molecular flexibility index (Phi) is 7.32. The first-order valence-electron chi connectivity index (χ1n) is 5.31. The predicted molar refractivity (Wildman–Crippen MR) is 58.3 cm³/mol. The van der Waals surface area contributed by atoms with Gasteiger partial charge in [-0.15, -0.1) is 0 Å². The molecule has 0 radical (unpaired) electrons. The van der Waals surface area contributed by atoms with Crippen molar-refractivity contribution in [3.8, 4) is 0 Å². The van der Waals surface area contributed by atoms with Crippen LogP contribution in [-0.4, -0.2) is 17.0 Å². The van der Waals surface area contributed by atoms with E-state index in [1.165, 1.54) is 6.08 Å². The highest BCUT2D eigenvalue weighted by atomic mass is 16.4. The number of unbranched alkanes of at least 4 members (excludes halogenated alkanes) is 3. The fraction of sp³-hybridized carbons (Fsp3) is 0.636. The Bertz CT molecular complexity index is 246. The van der Waals surface area contributed by atoms with Gasteiger partial charge in [0.25, 0.3) is 0 Å². The summed E-state index contributed by atoms with van der Waals surface area (Å²) >= 11 is 0. The van der Waals surface area contributed by atoms with Crippen LogP contribution in [-0.2, 0) is 9.59 Å². The van der Waals surface area contributed by atoms with Gasteiger partial charge in [-0.05, 0) is 13.3 Å². The van der Waals surface area contributed by atoms with Crippen molar-refractivity contribution in [3.63, 3.8) is 0 Å². The van der Waals surface area contributed by atoms with Crippen LogP contribution in [0, 0.1) is 0 Å². The minimum atomic E-state index is -1.10. The van der Waals surface area contributed by atoms with Crippen LogP contribution in [0.1, 0.15) is 46.0 Å². The average molecular weight is 213 g/mol. The van der Waals surface area contributed by atoms with Crippen LogP contribution in [0.15, 0.2) is 11.8 Å². The van der Waals surface area contributed by atoms with Crippen LogP contribution >= 0.6 is 0 Å². The number of carbonyl (C=O) groups is 2. The minimum Gasteiger partial charge on any atom is -0.477 e. The maximum absolute atomic E-state index is 11.3. The van der Waals surface area contributed by atoms with Gasteiger partial charge in [0, 0.05) is 6.42 Å². The van der Waals surface area contributed by atoms with Crippen molar-refractivity contribution in [1.29, 1.82) is 0 Å². The molecule has 0 heterocycles. The van der Waals surface area contributed by atoms with Crippen LogP contribution in [0.2, 0.25) is 0 Å². The molecule has 0 spiro atoms. The van der Waals surface area contributed by atoms with E-state index in [4.69, 9.17) is 5.11 Å². The minimum absolute atomic E-state index is 0.0458. The molecule has 0 bridgehead atoms. The molecule has 15 heavy (non-hydrogen) atoms. The molecule has 0 fully saturated rings. The molecular weight excluding hydrogens is 194 g/mol. The molecule has 0 unspecified atom stereocenters. The molecule has 86 valence electrons. The quantitative estimate of drug-likeness (QED) is 0.502. The summed E-state index contributed by atoms with van der Waals surface area (Å²) in [5.41, 5.74) is -0.0458. The maximum Gasteiger partial charge on any atom is 0.352 e. The van der Waals surface area contributed by atoms with Gasteiger partial charge in [0.15, 0.2) is 0 Å². The van der Waals surface area contributed by atoms with Crippen molar-refractivity contribution < 1.29 is 14.7 Å². The second-order valence-electron chi connectivity index (χ2n) is 3.37. The fourth-order valence-corrected chi connectivity index (χ4v) is 1.17. The molecule has 0 aromatic heterocycles. The van der Waals surface area contributed by atoms with Crippen LogP contribution in [0.25, 0.3) is 0 Å². The molecule has 0 atom stereocenters. The summed E-state index contributed by atoms with van der Waals surface area (Å²) in [5.74, 6) is -1.32. The third-order valence-electron chi connectivity index (χ3n) is 2.05. The van der Waals surface area contributed by atoms with E-state index >= 15 is 0 Å². The Morgan fingerprint density at radius 2 is 1.93 bits per heavy atom. The highest BCUT2D eigenvalue weighted by Gasteiger charge is 2.09. The molecule has 0 aromatic rings. The Hall–Kier alpha value is -1.32. The van der Waals surface area contributed by atoms with Crippen LogP contribution in [0.5, 0.6) is 0 Å². The van der Waals surface area contributed by atoms with Crippen molar-refractivity contribution in [2.75, 3.05) is 0 Å². The van der Waals surface area contributed by atoms with E-state index in [9.17, 15) is 9.59 Å². The number of rotatable bonds is 7. The molecule has 0 saturated carbocycles. The first-order valence-corrected chi connectivity index (χ1v) is 5.31. The first-order chi connectivity index (χ1) is 7.11. The summed E-state index contributed by atoms with van der Waals surface area (Å²) in [6, 6.07) is 0. The molecule has 0 aliphatic heterocycles. The molecular formula is C11H19NO3. The fourth-order valence-electron chi connectivity index (χ4n) is 1.17. The van der Waals surface area contributed by atoms with Gasteiger partial charge < -0.3 is 10.4 Å². The lowest BCUT2D eigenvalue weighted by Crippen LogP contribution is -2.26. The first kappa shape index (κ1) is 13.7. The monoisotopic (exact) mass is 213 g/mol. The Labute approximate surface area is 90.4 Å². The second kappa shape index (κ2) is 8.03. The Morgan fingerprint density at radius 1 is 1.27 bits per heavy atom. The summed E-state index contributed by atoms with van der Waals surface area (Å²) in [4.78, 5) is 21.8. The van der Waals surface area contributed by atoms with Crippen molar-refractivity contribution in [1.82, 2.24) is 5.32 Å². The van der Waals surface area contributed by atoms with Crippen LogP contribution in [0.3, 0.4) is 0 Å². The molecule has 0 saturated heterocycles. The lowest BCUT2D eigenvalue weighted by molar-refractivity contribution is -0.134. The Balaban J connectivity index is 3.78. The number of allylic oxidation sites excluding steroid dienone is 1. The molecule has 1 amide bonds. The number of hydrogen-bond acceptors (Lipinski definition) is 2. The number of carboxylic acid groups (broad SMARTS) is 1. The number of hydrogen-bond donors (Lipinski definition) is 2. The lowest BCUT2D eigenvalue weighted by atomic mass is 10.1. The van der Waals surface area contributed by atoms with Gasteiger partial charge in [0.2, 0.25) is 5.91 Å². The van der Waals surface area contributed by atoms with Gasteiger partial charge >= 0.3 is 5.97 Å². The molecule has 0 rings (SSSR count). The predicted octanol–water partition coefficient (Wildman–Crippen LogP) is 2.06. The maximum atomic E-state index is 11.3. The number of carbonyl (C=O) groups excluding carboxylic acids is 1. The van der Waals surface area contributed by atoms with E-state index < -0.39 is 5.97 Å². The van der Waals surface area contributed by atoms with E-state index in [1.54, 1.807) is 6.92 Å². The summed E-state index contributed by atoms with van der Waals surface area (Å²) in [5, 5.41) is 11.0. The van der Waals surface area contributed by atoms with Gasteiger partial charge in [-0.3, -0.25) is 4.79 Å². The topological polar surface area (TPSA) is 66.4 Å².